The number of unbranched alkanes of at least 4 members (excludes halogenated alkanes) is 15. The van der Waals surface area contributed by atoms with E-state index in [0.717, 1.165) is 64.2 Å². The molecule has 0 bridgehead atoms. The zero-order chi connectivity index (χ0) is 41.8. The van der Waals surface area contributed by atoms with Crippen LogP contribution in [0.1, 0.15) is 168 Å². The van der Waals surface area contributed by atoms with Gasteiger partial charge in [-0.1, -0.05) is 127 Å². The smallest absolute Gasteiger partial charge is 0.472 e. The van der Waals surface area contributed by atoms with E-state index in [1.807, 2.05) is 6.08 Å². The Morgan fingerprint density at radius 2 is 1.11 bits per heavy atom. The summed E-state index contributed by atoms with van der Waals surface area (Å²) in [6.07, 6.45) is 40.6. The zero-order valence-corrected chi connectivity index (χ0v) is 36.0. The molecule has 13 heteroatoms. The predicted molar refractivity (Wildman–Crippen MR) is 226 cm³/mol. The normalized spacial score (nSPS) is 17.8. The first-order valence-corrected chi connectivity index (χ1v) is 23.3. The third-order valence-electron chi connectivity index (χ3n) is 9.45. The van der Waals surface area contributed by atoms with E-state index in [4.69, 9.17) is 29.6 Å². The van der Waals surface area contributed by atoms with Gasteiger partial charge in [-0.2, -0.15) is 0 Å². The van der Waals surface area contributed by atoms with Crippen LogP contribution in [0.2, 0.25) is 0 Å². The first-order valence-electron chi connectivity index (χ1n) is 21.8. The molecule has 0 spiro atoms. The Balaban J connectivity index is 2.35. The Bertz CT molecular complexity index is 1220. The van der Waals surface area contributed by atoms with Crippen molar-refractivity contribution in [3.63, 3.8) is 0 Å². The van der Waals surface area contributed by atoms with Gasteiger partial charge >= 0.3 is 25.7 Å². The molecule has 0 radical (unpaired) electrons. The van der Waals surface area contributed by atoms with Gasteiger partial charge in [0.1, 0.15) is 12.6 Å². The van der Waals surface area contributed by atoms with E-state index in [-0.39, 0.29) is 31.7 Å². The number of phosphoric acid groups is 1. The Labute approximate surface area is 343 Å². The highest BCUT2D eigenvalue weighted by Gasteiger charge is 2.36. The molecule has 1 rings (SSSR count). The summed E-state index contributed by atoms with van der Waals surface area (Å²) < 4.78 is 38.4. The van der Waals surface area contributed by atoms with E-state index in [1.54, 1.807) is 0 Å². The molecule has 1 aliphatic heterocycles. The number of rotatable bonds is 39. The molecule has 0 aromatic rings. The van der Waals surface area contributed by atoms with Crippen molar-refractivity contribution in [2.75, 3.05) is 19.8 Å². The summed E-state index contributed by atoms with van der Waals surface area (Å²) in [7, 11) is -4.74. The maximum absolute atomic E-state index is 12.6. The largest absolute Gasteiger partial charge is 0.480 e. The summed E-state index contributed by atoms with van der Waals surface area (Å²) in [5, 5.41) is 8.89. The molecule has 0 amide bonds. The second-order valence-electron chi connectivity index (χ2n) is 14.9. The van der Waals surface area contributed by atoms with Crippen LogP contribution < -0.4 is 5.73 Å². The van der Waals surface area contributed by atoms with Gasteiger partial charge in [-0.25, -0.2) is 4.57 Å². The molecular weight excluding hydrogens is 749 g/mol. The number of epoxide rings is 1. The van der Waals surface area contributed by atoms with Gasteiger partial charge in [0, 0.05) is 12.8 Å². The summed E-state index contributed by atoms with van der Waals surface area (Å²) in [5.74, 6) is -2.47. The number of aliphatic carboxylic acids is 1. The van der Waals surface area contributed by atoms with Crippen LogP contribution in [0.3, 0.4) is 0 Å². The number of esters is 2. The molecule has 0 aromatic carbocycles. The molecule has 12 nitrogen and oxygen atoms in total. The summed E-state index contributed by atoms with van der Waals surface area (Å²) in [5.41, 5.74) is 5.33. The number of carbonyl (C=O) groups is 3. The van der Waals surface area contributed by atoms with E-state index in [0.29, 0.717) is 19.3 Å². The first kappa shape index (κ1) is 52.4. The number of allylic oxidation sites excluding steroid dienone is 6. The van der Waals surface area contributed by atoms with Crippen LogP contribution in [0.4, 0.5) is 0 Å². The second-order valence-corrected chi connectivity index (χ2v) is 16.3. The van der Waals surface area contributed by atoms with Crippen LogP contribution in [0, 0.1) is 0 Å². The van der Waals surface area contributed by atoms with Crippen molar-refractivity contribution in [1.29, 1.82) is 0 Å². The molecule has 1 heterocycles. The van der Waals surface area contributed by atoms with Crippen LogP contribution in [0.15, 0.2) is 48.6 Å². The maximum Gasteiger partial charge on any atom is 0.472 e. The van der Waals surface area contributed by atoms with E-state index in [1.165, 1.54) is 57.8 Å². The number of carboxylic acid groups (broad SMARTS) is 1. The highest BCUT2D eigenvalue weighted by atomic mass is 31.2. The van der Waals surface area contributed by atoms with Crippen molar-refractivity contribution in [2.45, 2.75) is 192 Å². The lowest BCUT2D eigenvalue weighted by molar-refractivity contribution is -0.161. The lowest BCUT2D eigenvalue weighted by atomic mass is 10.1. The van der Waals surface area contributed by atoms with Crippen molar-refractivity contribution in [3.05, 3.63) is 48.6 Å². The first-order chi connectivity index (χ1) is 27.6. The number of carboxylic acids is 1. The quantitative estimate of drug-likeness (QED) is 0.0175. The van der Waals surface area contributed by atoms with Crippen molar-refractivity contribution in [3.8, 4) is 0 Å². The molecule has 1 saturated heterocycles. The number of hydrogen-bond acceptors (Lipinski definition) is 10. The van der Waals surface area contributed by atoms with Crippen molar-refractivity contribution >= 4 is 25.7 Å². The van der Waals surface area contributed by atoms with Gasteiger partial charge in [0.25, 0.3) is 0 Å². The summed E-state index contributed by atoms with van der Waals surface area (Å²) >= 11 is 0. The molecule has 4 N–H and O–H groups in total. The minimum atomic E-state index is -4.74. The lowest BCUT2D eigenvalue weighted by Gasteiger charge is -2.20. The third-order valence-corrected chi connectivity index (χ3v) is 10.4. The molecular formula is C44H76NO11P. The van der Waals surface area contributed by atoms with Crippen molar-refractivity contribution in [1.82, 2.24) is 0 Å². The summed E-state index contributed by atoms with van der Waals surface area (Å²) in [4.78, 5) is 46.0. The minimum absolute atomic E-state index is 0.0743. The van der Waals surface area contributed by atoms with Gasteiger partial charge < -0.3 is 29.9 Å². The van der Waals surface area contributed by atoms with Crippen molar-refractivity contribution in [2.24, 2.45) is 5.73 Å². The Hall–Kier alpha value is -2.60. The van der Waals surface area contributed by atoms with Gasteiger partial charge in [-0.3, -0.25) is 23.4 Å². The summed E-state index contributed by atoms with van der Waals surface area (Å²) in [6, 6.07) is -1.54. The number of ether oxygens (including phenoxy) is 3. The van der Waals surface area contributed by atoms with Crippen LogP contribution >= 0.6 is 7.82 Å². The Morgan fingerprint density at radius 1 is 0.632 bits per heavy atom. The molecule has 5 unspecified atom stereocenters. The fourth-order valence-corrected chi connectivity index (χ4v) is 6.64. The van der Waals surface area contributed by atoms with Crippen LogP contribution in [0.5, 0.6) is 0 Å². The van der Waals surface area contributed by atoms with Crippen LogP contribution in [-0.2, 0) is 42.2 Å². The standard InChI is InChI=1S/C44H76NO11P/c1-3-5-7-9-11-13-14-15-16-17-18-20-22-24-29-33-42(46)52-35-38(36-53-57(50,51)54-37-39(45)44(48)49)55-43(47)34-30-26-25-28-32-41-40(56-41)31-27-23-21-19-12-10-8-6-4-2/h12,15-16,19,23,25,27-28,38-41H,3-11,13-14,17-18,20-22,24,26,29-37,45H2,1-2H3,(H,48,49)(H,50,51). The molecule has 328 valence electrons. The highest BCUT2D eigenvalue weighted by molar-refractivity contribution is 7.47. The summed E-state index contributed by atoms with van der Waals surface area (Å²) in [6.45, 7) is 2.68. The fourth-order valence-electron chi connectivity index (χ4n) is 5.86. The number of carbonyl (C=O) groups excluding carboxylic acids is 2. The lowest BCUT2D eigenvalue weighted by Crippen LogP contribution is -2.34. The average Bonchev–Trinajstić information content (AvgIpc) is 3.94. The van der Waals surface area contributed by atoms with Crippen LogP contribution in [0.25, 0.3) is 0 Å². The predicted octanol–water partition coefficient (Wildman–Crippen LogP) is 10.4. The van der Waals surface area contributed by atoms with Gasteiger partial charge in [-0.15, -0.1) is 0 Å². The third kappa shape index (κ3) is 33.0. The van der Waals surface area contributed by atoms with E-state index >= 15 is 0 Å². The highest BCUT2D eigenvalue weighted by Crippen LogP contribution is 2.43. The Kier molecular flexibility index (Phi) is 32.5. The number of hydrogen-bond donors (Lipinski definition) is 3. The SMILES string of the molecule is CCCCCC=CCC=CCC1OC1CC=CCCCC(=O)OC(COC(=O)CCCCCCCC=CCCCCCCCC)COP(=O)(O)OCC(N)C(=O)O. The molecule has 0 saturated carbocycles. The van der Waals surface area contributed by atoms with Gasteiger partial charge in [0.05, 0.1) is 25.4 Å². The van der Waals surface area contributed by atoms with Gasteiger partial charge in [-0.05, 0) is 77.0 Å². The zero-order valence-electron chi connectivity index (χ0n) is 35.1. The Morgan fingerprint density at radius 3 is 1.75 bits per heavy atom. The fraction of sp³-hybridized carbons (Fsp3) is 0.750. The van der Waals surface area contributed by atoms with E-state index in [9.17, 15) is 23.8 Å². The second kappa shape index (κ2) is 35.4. The molecule has 1 fully saturated rings. The maximum atomic E-state index is 12.6. The molecule has 57 heavy (non-hydrogen) atoms. The molecule has 0 aliphatic carbocycles. The molecule has 0 aromatic heterocycles. The molecule has 5 atom stereocenters. The van der Waals surface area contributed by atoms with Gasteiger partial charge in [0.2, 0.25) is 0 Å². The topological polar surface area (TPSA) is 184 Å². The van der Waals surface area contributed by atoms with Crippen molar-refractivity contribution < 1.29 is 52.2 Å². The monoisotopic (exact) mass is 826 g/mol. The van der Waals surface area contributed by atoms with E-state index < -0.39 is 51.1 Å². The van der Waals surface area contributed by atoms with Crippen LogP contribution in [-0.4, -0.2) is 72.1 Å². The van der Waals surface area contributed by atoms with E-state index in [2.05, 4.69) is 60.9 Å². The minimum Gasteiger partial charge on any atom is -0.480 e. The number of nitrogens with two attached hydrogens (primary N) is 1. The average molecular weight is 826 g/mol. The number of phosphoric ester groups is 1. The molecule has 1 aliphatic rings. The van der Waals surface area contributed by atoms with Gasteiger partial charge in [0.15, 0.2) is 6.10 Å².